The van der Waals surface area contributed by atoms with Crippen molar-refractivity contribution in [1.29, 1.82) is 0 Å². The maximum atomic E-state index is 13.2. The third-order valence-corrected chi connectivity index (χ3v) is 5.00. The minimum atomic E-state index is -1.65. The molecule has 6 nitrogen and oxygen atoms in total. The molecule has 2 amide bonds. The fourth-order valence-corrected chi connectivity index (χ4v) is 3.08. The minimum Gasteiger partial charge on any atom is -0.464 e. The molecule has 142 valence electrons. The molecule has 0 spiro atoms. The van der Waals surface area contributed by atoms with Gasteiger partial charge in [-0.3, -0.25) is 14.5 Å². The van der Waals surface area contributed by atoms with Crippen LogP contribution in [0.3, 0.4) is 0 Å². The monoisotopic (exact) mass is 367 g/mol. The zero-order valence-electron chi connectivity index (χ0n) is 16.2. The second-order valence-corrected chi connectivity index (χ2v) is 6.97. The van der Waals surface area contributed by atoms with E-state index < -0.39 is 17.4 Å². The number of carbonyl (C=O) groups excluding carboxylic acids is 2. The van der Waals surface area contributed by atoms with Gasteiger partial charge in [-0.05, 0) is 56.5 Å². The Hall–Kier alpha value is -2.89. The number of nitrogens with one attached hydrogen (secondary N) is 1. The Balaban J connectivity index is 1.95. The number of anilines is 2. The summed E-state index contributed by atoms with van der Waals surface area (Å²) in [5.74, 6) is 0.0157. The lowest BCUT2D eigenvalue weighted by Crippen LogP contribution is -2.61. The Kier molecular flexibility index (Phi) is 5.17. The lowest BCUT2D eigenvalue weighted by molar-refractivity contribution is -0.145. The highest BCUT2D eigenvalue weighted by Crippen LogP contribution is 2.36. The summed E-state index contributed by atoms with van der Waals surface area (Å²) in [5.41, 5.74) is 1.05. The van der Waals surface area contributed by atoms with Gasteiger partial charge in [-0.2, -0.15) is 0 Å². The molecule has 27 heavy (non-hydrogen) atoms. The van der Waals surface area contributed by atoms with Crippen molar-refractivity contribution in [3.05, 3.63) is 47.7 Å². The predicted octanol–water partition coefficient (Wildman–Crippen LogP) is 3.62. The molecule has 1 N–H and O–H groups in total. The van der Waals surface area contributed by atoms with E-state index in [0.29, 0.717) is 23.8 Å². The molecule has 0 unspecified atom stereocenters. The van der Waals surface area contributed by atoms with Crippen LogP contribution in [0.1, 0.15) is 37.8 Å². The molecule has 0 radical (unpaired) electrons. The number of hydrogen-bond donors (Lipinski definition) is 1. The topological polar surface area (TPSA) is 71.5 Å². The summed E-state index contributed by atoms with van der Waals surface area (Å²) in [7, 11) is 0. The van der Waals surface area contributed by atoms with Crippen molar-refractivity contribution in [1.82, 2.24) is 4.98 Å². The van der Waals surface area contributed by atoms with Crippen molar-refractivity contribution < 1.29 is 14.3 Å². The number of benzene rings is 1. The van der Waals surface area contributed by atoms with Crippen LogP contribution in [0, 0.1) is 13.8 Å². The fourth-order valence-electron chi connectivity index (χ4n) is 3.08. The van der Waals surface area contributed by atoms with E-state index in [-0.39, 0.29) is 0 Å². The van der Waals surface area contributed by atoms with E-state index in [0.717, 1.165) is 24.0 Å². The van der Waals surface area contributed by atoms with Crippen molar-refractivity contribution in [2.75, 3.05) is 16.8 Å². The standard InChI is InChI=1S/C21H25N3O3/c1-5-6-13-24-18-17(11-8-12-22-18)27-21(4,20(24)26)19(25)23-16-10-7-9-14(2)15(16)3/h7-12H,5-6,13H2,1-4H3,(H,23,25)/t21-/m1/s1. The highest BCUT2D eigenvalue weighted by molar-refractivity contribution is 6.19. The molecule has 1 aromatic heterocycles. The Morgan fingerprint density at radius 3 is 2.78 bits per heavy atom. The highest BCUT2D eigenvalue weighted by Gasteiger charge is 2.51. The average molecular weight is 367 g/mol. The molecule has 3 rings (SSSR count). The van der Waals surface area contributed by atoms with Gasteiger partial charge in [-0.15, -0.1) is 0 Å². The molecule has 2 aromatic rings. The van der Waals surface area contributed by atoms with Gasteiger partial charge in [0.15, 0.2) is 11.6 Å². The first-order valence-corrected chi connectivity index (χ1v) is 9.22. The van der Waals surface area contributed by atoms with Crippen LogP contribution in [0.5, 0.6) is 5.75 Å². The van der Waals surface area contributed by atoms with Gasteiger partial charge in [0, 0.05) is 18.4 Å². The summed E-state index contributed by atoms with van der Waals surface area (Å²) in [5, 5.41) is 2.87. The minimum absolute atomic E-state index is 0.398. The van der Waals surface area contributed by atoms with Crippen molar-refractivity contribution in [3.8, 4) is 5.75 Å². The van der Waals surface area contributed by atoms with Crippen LogP contribution in [0.4, 0.5) is 11.5 Å². The summed E-state index contributed by atoms with van der Waals surface area (Å²) < 4.78 is 5.88. The van der Waals surface area contributed by atoms with Crippen molar-refractivity contribution >= 4 is 23.3 Å². The van der Waals surface area contributed by atoms with E-state index in [9.17, 15) is 9.59 Å². The van der Waals surface area contributed by atoms with Crippen LogP contribution < -0.4 is 15.0 Å². The molecule has 1 atom stereocenters. The zero-order valence-corrected chi connectivity index (χ0v) is 16.2. The van der Waals surface area contributed by atoms with Crippen LogP contribution in [0.2, 0.25) is 0 Å². The van der Waals surface area contributed by atoms with Gasteiger partial charge in [0.1, 0.15) is 0 Å². The van der Waals surface area contributed by atoms with E-state index in [2.05, 4.69) is 17.2 Å². The number of fused-ring (bicyclic) bond motifs is 1. The van der Waals surface area contributed by atoms with E-state index >= 15 is 0 Å². The van der Waals surface area contributed by atoms with Gasteiger partial charge in [0.25, 0.3) is 17.4 Å². The Bertz CT molecular complexity index is 881. The maximum absolute atomic E-state index is 13.2. The first kappa shape index (κ1) is 18.9. The van der Waals surface area contributed by atoms with Gasteiger partial charge in [0.05, 0.1) is 0 Å². The summed E-state index contributed by atoms with van der Waals surface area (Å²) in [6, 6.07) is 9.13. The first-order valence-electron chi connectivity index (χ1n) is 9.22. The quantitative estimate of drug-likeness (QED) is 0.820. The second kappa shape index (κ2) is 7.39. The van der Waals surface area contributed by atoms with Crippen molar-refractivity contribution in [2.24, 2.45) is 0 Å². The third kappa shape index (κ3) is 3.39. The third-order valence-electron chi connectivity index (χ3n) is 5.00. The normalized spacial score (nSPS) is 18.7. The fraction of sp³-hybridized carbons (Fsp3) is 0.381. The number of amides is 2. The maximum Gasteiger partial charge on any atom is 0.282 e. The van der Waals surface area contributed by atoms with E-state index in [4.69, 9.17) is 4.74 Å². The summed E-state index contributed by atoms with van der Waals surface area (Å²) >= 11 is 0. The largest absolute Gasteiger partial charge is 0.464 e. The summed E-state index contributed by atoms with van der Waals surface area (Å²) in [6.07, 6.45) is 3.36. The molecule has 0 aliphatic carbocycles. The lowest BCUT2D eigenvalue weighted by Gasteiger charge is -2.38. The second-order valence-electron chi connectivity index (χ2n) is 6.97. The predicted molar refractivity (Wildman–Crippen MR) is 105 cm³/mol. The molecule has 0 saturated carbocycles. The number of ether oxygens (including phenoxy) is 1. The summed E-state index contributed by atoms with van der Waals surface area (Å²) in [6.45, 7) is 7.98. The molecule has 0 fully saturated rings. The van der Waals surface area contributed by atoms with Crippen LogP contribution in [-0.2, 0) is 9.59 Å². The lowest BCUT2D eigenvalue weighted by atomic mass is 9.99. The average Bonchev–Trinajstić information content (AvgIpc) is 2.66. The van der Waals surface area contributed by atoms with Crippen LogP contribution >= 0.6 is 0 Å². The van der Waals surface area contributed by atoms with Gasteiger partial charge in [-0.25, -0.2) is 4.98 Å². The molecular weight excluding hydrogens is 342 g/mol. The van der Waals surface area contributed by atoms with Crippen LogP contribution in [0.15, 0.2) is 36.5 Å². The van der Waals surface area contributed by atoms with Crippen molar-refractivity contribution in [2.45, 2.75) is 46.1 Å². The van der Waals surface area contributed by atoms with Crippen LogP contribution in [-0.4, -0.2) is 28.9 Å². The Morgan fingerprint density at radius 1 is 1.26 bits per heavy atom. The number of aryl methyl sites for hydroxylation is 1. The smallest absolute Gasteiger partial charge is 0.282 e. The number of nitrogens with zero attached hydrogens (tertiary/aromatic N) is 2. The molecule has 2 heterocycles. The number of carbonyl (C=O) groups is 2. The number of hydrogen-bond acceptors (Lipinski definition) is 4. The summed E-state index contributed by atoms with van der Waals surface area (Å²) in [4.78, 5) is 32.1. The molecule has 1 aromatic carbocycles. The Morgan fingerprint density at radius 2 is 2.04 bits per heavy atom. The first-order chi connectivity index (χ1) is 12.9. The number of pyridine rings is 1. The number of unbranched alkanes of at least 4 members (excludes halogenated alkanes) is 1. The number of aromatic nitrogens is 1. The van der Waals surface area contributed by atoms with Gasteiger partial charge >= 0.3 is 0 Å². The van der Waals surface area contributed by atoms with Gasteiger partial charge in [0.2, 0.25) is 0 Å². The van der Waals surface area contributed by atoms with E-state index in [1.807, 2.05) is 32.0 Å². The van der Waals surface area contributed by atoms with E-state index in [1.54, 1.807) is 23.2 Å². The molecule has 0 bridgehead atoms. The van der Waals surface area contributed by atoms with Gasteiger partial charge in [-0.1, -0.05) is 25.5 Å². The molecule has 1 aliphatic heterocycles. The van der Waals surface area contributed by atoms with Crippen molar-refractivity contribution in [3.63, 3.8) is 0 Å². The Labute approximate surface area is 159 Å². The molecule has 1 aliphatic rings. The van der Waals surface area contributed by atoms with Crippen LogP contribution in [0.25, 0.3) is 0 Å². The number of rotatable bonds is 5. The SMILES string of the molecule is CCCCN1C(=O)[C@@](C)(C(=O)Nc2cccc(C)c2C)Oc2cccnc21. The highest BCUT2D eigenvalue weighted by atomic mass is 16.5. The zero-order chi connectivity index (χ0) is 19.6. The molecular formula is C21H25N3O3. The van der Waals surface area contributed by atoms with Gasteiger partial charge < -0.3 is 10.1 Å². The molecule has 0 saturated heterocycles. The molecule has 6 heteroatoms. The van der Waals surface area contributed by atoms with E-state index in [1.165, 1.54) is 6.92 Å².